The highest BCUT2D eigenvalue weighted by Crippen LogP contribution is 2.41. The van der Waals surface area contributed by atoms with E-state index >= 15 is 0 Å². The summed E-state index contributed by atoms with van der Waals surface area (Å²) in [4.78, 5) is 0. The van der Waals surface area contributed by atoms with Crippen LogP contribution in [0, 0.1) is 5.92 Å². The van der Waals surface area contributed by atoms with Crippen molar-refractivity contribution in [3.8, 4) is 0 Å². The SMILES string of the molecule is CC12C=CC=CC1C1=C(CNC(CNCCCCN)C1)N2. The van der Waals surface area contributed by atoms with Gasteiger partial charge in [-0.3, -0.25) is 0 Å². The van der Waals surface area contributed by atoms with Crippen molar-refractivity contribution in [2.45, 2.75) is 37.8 Å². The minimum atomic E-state index is 0.0878. The fraction of sp³-hybridized carbons (Fsp3) is 0.647. The van der Waals surface area contributed by atoms with Gasteiger partial charge in [0.2, 0.25) is 0 Å². The second-order valence-electron chi connectivity index (χ2n) is 6.62. The van der Waals surface area contributed by atoms with Gasteiger partial charge in [0.05, 0.1) is 5.54 Å². The van der Waals surface area contributed by atoms with Crippen LogP contribution >= 0.6 is 0 Å². The highest BCUT2D eigenvalue weighted by Gasteiger charge is 2.43. The molecule has 2 heterocycles. The Morgan fingerprint density at radius 3 is 3.14 bits per heavy atom. The first kappa shape index (κ1) is 14.8. The molecule has 0 aromatic rings. The molecule has 1 aliphatic carbocycles. The largest absolute Gasteiger partial charge is 0.378 e. The molecule has 0 bridgehead atoms. The van der Waals surface area contributed by atoms with E-state index in [4.69, 9.17) is 5.73 Å². The number of rotatable bonds is 6. The molecule has 5 N–H and O–H groups in total. The number of fused-ring (bicyclic) bond motifs is 2. The smallest absolute Gasteiger partial charge is 0.0629 e. The molecule has 0 radical (unpaired) electrons. The summed E-state index contributed by atoms with van der Waals surface area (Å²) in [6.07, 6.45) is 12.4. The van der Waals surface area contributed by atoms with Crippen molar-refractivity contribution in [2.75, 3.05) is 26.2 Å². The van der Waals surface area contributed by atoms with E-state index in [2.05, 4.69) is 47.2 Å². The van der Waals surface area contributed by atoms with Crippen LogP contribution in [-0.2, 0) is 0 Å². The summed E-state index contributed by atoms with van der Waals surface area (Å²) < 4.78 is 0. The van der Waals surface area contributed by atoms with Crippen LogP contribution in [0.4, 0.5) is 0 Å². The number of allylic oxidation sites excluding steroid dienone is 2. The summed E-state index contributed by atoms with van der Waals surface area (Å²) in [7, 11) is 0. The van der Waals surface area contributed by atoms with Crippen LogP contribution in [0.25, 0.3) is 0 Å². The van der Waals surface area contributed by atoms with Gasteiger partial charge in [-0.2, -0.15) is 0 Å². The first-order chi connectivity index (χ1) is 10.2. The number of nitrogens with one attached hydrogen (secondary N) is 3. The second kappa shape index (κ2) is 6.34. The molecule has 0 aromatic carbocycles. The Labute approximate surface area is 127 Å². The normalized spacial score (nSPS) is 33.8. The Morgan fingerprint density at radius 1 is 1.38 bits per heavy atom. The maximum Gasteiger partial charge on any atom is 0.0629 e. The molecule has 0 fully saturated rings. The van der Waals surface area contributed by atoms with Crippen molar-refractivity contribution in [1.29, 1.82) is 0 Å². The van der Waals surface area contributed by atoms with E-state index < -0.39 is 0 Å². The van der Waals surface area contributed by atoms with Crippen molar-refractivity contribution < 1.29 is 0 Å². The van der Waals surface area contributed by atoms with Gasteiger partial charge in [-0.25, -0.2) is 0 Å². The lowest BCUT2D eigenvalue weighted by Crippen LogP contribution is -2.44. The van der Waals surface area contributed by atoms with E-state index in [9.17, 15) is 0 Å². The van der Waals surface area contributed by atoms with Crippen molar-refractivity contribution in [3.63, 3.8) is 0 Å². The third-order valence-electron chi connectivity index (χ3n) is 4.92. The van der Waals surface area contributed by atoms with Gasteiger partial charge in [0.1, 0.15) is 0 Å². The Kier molecular flexibility index (Phi) is 4.48. The highest BCUT2D eigenvalue weighted by molar-refractivity contribution is 5.42. The van der Waals surface area contributed by atoms with Crippen LogP contribution in [0.1, 0.15) is 26.2 Å². The second-order valence-corrected chi connectivity index (χ2v) is 6.62. The predicted molar refractivity (Wildman–Crippen MR) is 87.9 cm³/mol. The third-order valence-corrected chi connectivity index (χ3v) is 4.92. The summed E-state index contributed by atoms with van der Waals surface area (Å²) in [5.74, 6) is 0.527. The molecule has 0 saturated heterocycles. The summed E-state index contributed by atoms with van der Waals surface area (Å²) in [5.41, 5.74) is 8.63. The number of hydrogen-bond donors (Lipinski definition) is 4. The summed E-state index contributed by atoms with van der Waals surface area (Å²) in [6.45, 7) is 6.19. The fourth-order valence-corrected chi connectivity index (χ4v) is 3.73. The number of nitrogens with two attached hydrogens (primary N) is 1. The van der Waals surface area contributed by atoms with Gasteiger partial charge in [0, 0.05) is 30.7 Å². The first-order valence-corrected chi connectivity index (χ1v) is 8.23. The minimum absolute atomic E-state index is 0.0878. The van der Waals surface area contributed by atoms with E-state index in [0.29, 0.717) is 12.0 Å². The molecule has 116 valence electrons. The molecule has 3 aliphatic rings. The van der Waals surface area contributed by atoms with Crippen LogP contribution < -0.4 is 21.7 Å². The molecule has 0 spiro atoms. The minimum Gasteiger partial charge on any atom is -0.378 e. The Morgan fingerprint density at radius 2 is 2.29 bits per heavy atom. The first-order valence-electron chi connectivity index (χ1n) is 8.23. The zero-order chi connectivity index (χ0) is 14.7. The summed E-state index contributed by atoms with van der Waals surface area (Å²) in [5, 5.41) is 10.9. The Hall–Kier alpha value is -1.10. The quantitative estimate of drug-likeness (QED) is 0.552. The van der Waals surface area contributed by atoms with Crippen molar-refractivity contribution in [1.82, 2.24) is 16.0 Å². The molecule has 0 amide bonds. The molecule has 3 unspecified atom stereocenters. The monoisotopic (exact) mass is 288 g/mol. The van der Waals surface area contributed by atoms with Crippen LogP contribution in [0.5, 0.6) is 0 Å². The molecule has 0 aromatic heterocycles. The van der Waals surface area contributed by atoms with Gasteiger partial charge in [-0.05, 0) is 44.8 Å². The van der Waals surface area contributed by atoms with Crippen LogP contribution in [-0.4, -0.2) is 37.8 Å². The predicted octanol–water partition coefficient (Wildman–Crippen LogP) is 1.04. The highest BCUT2D eigenvalue weighted by atomic mass is 15.1. The van der Waals surface area contributed by atoms with Crippen LogP contribution in [0.2, 0.25) is 0 Å². The summed E-state index contributed by atoms with van der Waals surface area (Å²) >= 11 is 0. The molecule has 0 saturated carbocycles. The average molecular weight is 288 g/mol. The van der Waals surface area contributed by atoms with E-state index in [0.717, 1.165) is 39.0 Å². The van der Waals surface area contributed by atoms with Gasteiger partial charge in [0.15, 0.2) is 0 Å². The van der Waals surface area contributed by atoms with Crippen molar-refractivity contribution in [3.05, 3.63) is 35.6 Å². The number of unbranched alkanes of at least 4 members (excludes halogenated alkanes) is 1. The Bertz CT molecular complexity index is 465. The van der Waals surface area contributed by atoms with Crippen molar-refractivity contribution in [2.24, 2.45) is 11.7 Å². The van der Waals surface area contributed by atoms with Crippen LogP contribution in [0.15, 0.2) is 35.6 Å². The zero-order valence-corrected chi connectivity index (χ0v) is 13.0. The molecule has 3 atom stereocenters. The molecular weight excluding hydrogens is 260 g/mol. The molecule has 2 aliphatic heterocycles. The maximum atomic E-state index is 5.52. The lowest BCUT2D eigenvalue weighted by molar-refractivity contribution is 0.434. The van der Waals surface area contributed by atoms with Gasteiger partial charge in [0.25, 0.3) is 0 Å². The topological polar surface area (TPSA) is 62.1 Å². The fourth-order valence-electron chi connectivity index (χ4n) is 3.73. The molecule has 21 heavy (non-hydrogen) atoms. The van der Waals surface area contributed by atoms with Gasteiger partial charge in [-0.15, -0.1) is 0 Å². The van der Waals surface area contributed by atoms with Crippen molar-refractivity contribution >= 4 is 0 Å². The van der Waals surface area contributed by atoms with E-state index in [1.807, 2.05) is 0 Å². The molecule has 4 heteroatoms. The Balaban J connectivity index is 1.54. The van der Waals surface area contributed by atoms with Crippen LogP contribution in [0.3, 0.4) is 0 Å². The standard InChI is InChI=1S/C17H28N4/c1-17-7-3-2-6-15(17)14-10-13(20-12-16(14)21-17)11-19-9-5-4-8-18/h2-3,6-7,13,15,19-21H,4-5,8-12,18H2,1H3. The average Bonchev–Trinajstić information content (AvgIpc) is 2.78. The summed E-state index contributed by atoms with van der Waals surface area (Å²) in [6, 6.07) is 0.546. The van der Waals surface area contributed by atoms with E-state index in [-0.39, 0.29) is 5.54 Å². The van der Waals surface area contributed by atoms with Gasteiger partial charge < -0.3 is 21.7 Å². The third kappa shape index (κ3) is 3.07. The lowest BCUT2D eigenvalue weighted by atomic mass is 9.78. The molecule has 3 rings (SSSR count). The molecule has 4 nitrogen and oxygen atoms in total. The van der Waals surface area contributed by atoms with E-state index in [1.165, 1.54) is 12.1 Å². The van der Waals surface area contributed by atoms with Gasteiger partial charge in [-0.1, -0.05) is 24.3 Å². The van der Waals surface area contributed by atoms with E-state index in [1.54, 1.807) is 5.57 Å². The lowest BCUT2D eigenvalue weighted by Gasteiger charge is -2.31. The zero-order valence-electron chi connectivity index (χ0n) is 13.0. The van der Waals surface area contributed by atoms with Gasteiger partial charge >= 0.3 is 0 Å². The molecular formula is C17H28N4. The maximum absolute atomic E-state index is 5.52. The number of hydrogen-bond acceptors (Lipinski definition) is 4.